The van der Waals surface area contributed by atoms with Crippen molar-refractivity contribution in [2.75, 3.05) is 19.8 Å². The minimum Gasteiger partial charge on any atom is -0.338 e. The Morgan fingerprint density at radius 3 is 1.62 bits per heavy atom. The van der Waals surface area contributed by atoms with E-state index in [1.807, 2.05) is 32.0 Å². The summed E-state index contributed by atoms with van der Waals surface area (Å²) < 4.78 is 40.6. The van der Waals surface area contributed by atoms with Crippen LogP contribution in [0.3, 0.4) is 0 Å². The van der Waals surface area contributed by atoms with Gasteiger partial charge in [0.05, 0.1) is 23.6 Å². The van der Waals surface area contributed by atoms with Crippen molar-refractivity contribution >= 4 is 23.0 Å². The van der Waals surface area contributed by atoms with Gasteiger partial charge in [-0.05, 0) is 73.4 Å². The second-order valence-corrected chi connectivity index (χ2v) is 13.2. The SMILES string of the molecule is Cc1cc(C)c(N=C(c2ccc(C(F)(F)F)cc2)N2CCCN(C(=Nc3c(C(C)C)cccc3C(C)C)c3ccccc3)C2)c(C)c1. The van der Waals surface area contributed by atoms with Crippen molar-refractivity contribution in [1.29, 1.82) is 0 Å². The molecule has 47 heavy (non-hydrogen) atoms. The monoisotopic (exact) mass is 638 g/mol. The maximum absolute atomic E-state index is 13.5. The Bertz CT molecular complexity index is 1700. The predicted octanol–water partition coefficient (Wildman–Crippen LogP) is 10.7. The van der Waals surface area contributed by atoms with Crippen molar-refractivity contribution in [1.82, 2.24) is 9.80 Å². The van der Waals surface area contributed by atoms with Crippen LogP contribution in [0.15, 0.2) is 94.9 Å². The number of nitrogens with zero attached hydrogens (tertiary/aromatic N) is 4. The highest BCUT2D eigenvalue weighted by Crippen LogP contribution is 2.36. The summed E-state index contributed by atoms with van der Waals surface area (Å²) >= 11 is 0. The van der Waals surface area contributed by atoms with Crippen LogP contribution in [0, 0.1) is 20.8 Å². The highest BCUT2D eigenvalue weighted by molar-refractivity contribution is 6.03. The molecule has 0 N–H and O–H groups in total. The van der Waals surface area contributed by atoms with Gasteiger partial charge < -0.3 is 9.80 Å². The Labute approximate surface area is 277 Å². The van der Waals surface area contributed by atoms with Gasteiger partial charge in [0, 0.05) is 24.2 Å². The number of hydrogen-bond donors (Lipinski definition) is 0. The smallest absolute Gasteiger partial charge is 0.338 e. The van der Waals surface area contributed by atoms with Gasteiger partial charge in [0.1, 0.15) is 11.7 Å². The minimum atomic E-state index is -4.41. The fourth-order valence-electron chi connectivity index (χ4n) is 6.38. The van der Waals surface area contributed by atoms with Crippen LogP contribution in [0.1, 0.15) is 90.5 Å². The van der Waals surface area contributed by atoms with E-state index >= 15 is 0 Å². The van der Waals surface area contributed by atoms with Gasteiger partial charge in [-0.25, -0.2) is 9.98 Å². The lowest BCUT2D eigenvalue weighted by Gasteiger charge is -2.39. The summed E-state index contributed by atoms with van der Waals surface area (Å²) in [6.07, 6.45) is -3.58. The molecule has 0 amide bonds. The van der Waals surface area contributed by atoms with Gasteiger partial charge in [-0.3, -0.25) is 0 Å². The Hall–Kier alpha value is -4.39. The van der Waals surface area contributed by atoms with E-state index in [1.54, 1.807) is 12.1 Å². The summed E-state index contributed by atoms with van der Waals surface area (Å²) in [5.74, 6) is 2.11. The van der Waals surface area contributed by atoms with Crippen molar-refractivity contribution in [2.24, 2.45) is 9.98 Å². The number of amidine groups is 2. The van der Waals surface area contributed by atoms with Gasteiger partial charge in [0.25, 0.3) is 0 Å². The normalized spacial score (nSPS) is 14.8. The molecule has 1 saturated heterocycles. The number of aryl methyl sites for hydroxylation is 3. The summed E-state index contributed by atoms with van der Waals surface area (Å²) in [4.78, 5) is 15.1. The molecule has 0 aromatic heterocycles. The lowest BCUT2D eigenvalue weighted by atomic mass is 9.93. The molecule has 0 spiro atoms. The molecule has 7 heteroatoms. The standard InChI is InChI=1S/C40H45F3N4/c1-26(2)34-15-11-16-35(27(3)4)37(34)45-38(31-13-9-8-10-14-31)46-21-12-22-47(25-46)39(32-17-19-33(20-18-32)40(41,42)43)44-36-29(6)23-28(5)24-30(36)7/h8-11,13-20,23-24,26-27H,12,21-22,25H2,1-7H3. The fraction of sp³-hybridized carbons (Fsp3) is 0.350. The maximum atomic E-state index is 13.5. The molecule has 1 fully saturated rings. The number of aliphatic imine (C=N–C) groups is 2. The number of para-hydroxylation sites is 1. The molecule has 0 atom stereocenters. The van der Waals surface area contributed by atoms with E-state index in [0.29, 0.717) is 36.4 Å². The molecule has 5 rings (SSSR count). The molecule has 4 aromatic carbocycles. The van der Waals surface area contributed by atoms with Crippen molar-refractivity contribution in [3.05, 3.63) is 129 Å². The van der Waals surface area contributed by atoms with Crippen molar-refractivity contribution in [3.8, 4) is 0 Å². The van der Waals surface area contributed by atoms with E-state index in [4.69, 9.17) is 9.98 Å². The van der Waals surface area contributed by atoms with E-state index in [1.165, 1.54) is 11.1 Å². The zero-order valence-electron chi connectivity index (χ0n) is 28.5. The lowest BCUT2D eigenvalue weighted by molar-refractivity contribution is -0.137. The Balaban J connectivity index is 1.64. The largest absolute Gasteiger partial charge is 0.416 e. The van der Waals surface area contributed by atoms with E-state index in [2.05, 4.69) is 86.9 Å². The van der Waals surface area contributed by atoms with Gasteiger partial charge in [0.15, 0.2) is 0 Å². The quantitative estimate of drug-likeness (QED) is 0.155. The molecule has 1 aliphatic rings. The maximum Gasteiger partial charge on any atom is 0.416 e. The number of rotatable bonds is 6. The first-order valence-electron chi connectivity index (χ1n) is 16.4. The third-order valence-electron chi connectivity index (χ3n) is 8.71. The topological polar surface area (TPSA) is 31.2 Å². The van der Waals surface area contributed by atoms with Gasteiger partial charge in [-0.1, -0.05) is 106 Å². The van der Waals surface area contributed by atoms with Crippen LogP contribution in [0.2, 0.25) is 0 Å². The Morgan fingerprint density at radius 2 is 1.13 bits per heavy atom. The third kappa shape index (κ3) is 7.78. The van der Waals surface area contributed by atoms with Crippen LogP contribution >= 0.6 is 0 Å². The van der Waals surface area contributed by atoms with Crippen molar-refractivity contribution in [2.45, 2.75) is 72.9 Å². The molecule has 0 bridgehead atoms. The third-order valence-corrected chi connectivity index (χ3v) is 8.71. The zero-order chi connectivity index (χ0) is 33.9. The molecular weight excluding hydrogens is 593 g/mol. The van der Waals surface area contributed by atoms with Gasteiger partial charge in [0.2, 0.25) is 0 Å². The summed E-state index contributed by atoms with van der Waals surface area (Å²) in [6.45, 7) is 16.9. The summed E-state index contributed by atoms with van der Waals surface area (Å²) in [6, 6.07) is 26.3. The molecular formula is C40H45F3N4. The molecule has 0 radical (unpaired) electrons. The molecule has 4 aromatic rings. The number of alkyl halides is 3. The highest BCUT2D eigenvalue weighted by Gasteiger charge is 2.31. The van der Waals surface area contributed by atoms with E-state index < -0.39 is 11.7 Å². The highest BCUT2D eigenvalue weighted by atomic mass is 19.4. The number of hydrogen-bond acceptors (Lipinski definition) is 2. The average molecular weight is 639 g/mol. The van der Waals surface area contributed by atoms with Crippen LogP contribution < -0.4 is 0 Å². The molecule has 246 valence electrons. The number of benzene rings is 4. The fourth-order valence-corrected chi connectivity index (χ4v) is 6.38. The molecule has 0 aliphatic carbocycles. The van der Waals surface area contributed by atoms with Crippen LogP contribution in [-0.2, 0) is 6.18 Å². The first-order valence-corrected chi connectivity index (χ1v) is 16.4. The minimum absolute atomic E-state index is 0.293. The van der Waals surface area contributed by atoms with Gasteiger partial charge >= 0.3 is 6.18 Å². The van der Waals surface area contributed by atoms with Crippen LogP contribution in [0.4, 0.5) is 24.5 Å². The van der Waals surface area contributed by atoms with Crippen LogP contribution in [-0.4, -0.2) is 41.2 Å². The first-order chi connectivity index (χ1) is 22.3. The Kier molecular flexibility index (Phi) is 10.2. The zero-order valence-corrected chi connectivity index (χ0v) is 28.5. The average Bonchev–Trinajstić information content (AvgIpc) is 3.03. The van der Waals surface area contributed by atoms with E-state index in [-0.39, 0.29) is 0 Å². The number of halogens is 3. The first kappa shape index (κ1) is 34.0. The van der Waals surface area contributed by atoms with Gasteiger partial charge in [-0.15, -0.1) is 0 Å². The molecule has 1 aliphatic heterocycles. The van der Waals surface area contributed by atoms with E-state index in [0.717, 1.165) is 64.6 Å². The summed E-state index contributed by atoms with van der Waals surface area (Å²) in [5.41, 5.74) is 8.44. The second kappa shape index (κ2) is 14.2. The molecule has 1 heterocycles. The predicted molar refractivity (Wildman–Crippen MR) is 188 cm³/mol. The van der Waals surface area contributed by atoms with E-state index in [9.17, 15) is 13.2 Å². The lowest BCUT2D eigenvalue weighted by Crippen LogP contribution is -2.50. The summed E-state index contributed by atoms with van der Waals surface area (Å²) in [5, 5.41) is 0. The molecule has 4 nitrogen and oxygen atoms in total. The van der Waals surface area contributed by atoms with Gasteiger partial charge in [-0.2, -0.15) is 13.2 Å². The molecule has 0 unspecified atom stereocenters. The Morgan fingerprint density at radius 1 is 0.638 bits per heavy atom. The summed E-state index contributed by atoms with van der Waals surface area (Å²) in [7, 11) is 0. The molecule has 0 saturated carbocycles. The van der Waals surface area contributed by atoms with Crippen LogP contribution in [0.5, 0.6) is 0 Å². The second-order valence-electron chi connectivity index (χ2n) is 13.2. The van der Waals surface area contributed by atoms with Crippen molar-refractivity contribution in [3.63, 3.8) is 0 Å². The van der Waals surface area contributed by atoms with Crippen molar-refractivity contribution < 1.29 is 13.2 Å². The van der Waals surface area contributed by atoms with Crippen LogP contribution in [0.25, 0.3) is 0 Å².